The van der Waals surface area contributed by atoms with Crippen molar-refractivity contribution in [3.63, 3.8) is 0 Å². The fourth-order valence-electron chi connectivity index (χ4n) is 3.31. The highest BCUT2D eigenvalue weighted by atomic mass is 35.5. The van der Waals surface area contributed by atoms with Crippen molar-refractivity contribution in [2.45, 2.75) is 33.4 Å². The average Bonchev–Trinajstić information content (AvgIpc) is 2.75. The Morgan fingerprint density at radius 3 is 2.62 bits per heavy atom. The molecule has 32 heavy (non-hydrogen) atoms. The van der Waals surface area contributed by atoms with Crippen molar-refractivity contribution in [2.75, 3.05) is 13.7 Å². The van der Waals surface area contributed by atoms with E-state index in [1.807, 2.05) is 32.0 Å². The van der Waals surface area contributed by atoms with Gasteiger partial charge in [-0.05, 0) is 48.2 Å². The molecule has 3 rings (SSSR count). The molecule has 0 aliphatic carbocycles. The summed E-state index contributed by atoms with van der Waals surface area (Å²) in [6.07, 6.45) is 0. The number of amides is 2. The van der Waals surface area contributed by atoms with Crippen molar-refractivity contribution < 1.29 is 23.8 Å². The van der Waals surface area contributed by atoms with Gasteiger partial charge >= 0.3 is 12.0 Å². The van der Waals surface area contributed by atoms with Crippen LogP contribution >= 0.6 is 11.6 Å². The number of benzene rings is 2. The lowest BCUT2D eigenvalue weighted by Gasteiger charge is -2.28. The molecule has 0 saturated carbocycles. The van der Waals surface area contributed by atoms with E-state index in [1.165, 1.54) is 7.11 Å². The van der Waals surface area contributed by atoms with Crippen LogP contribution < -0.4 is 20.1 Å². The molecule has 0 radical (unpaired) electrons. The van der Waals surface area contributed by atoms with Crippen LogP contribution in [0.4, 0.5) is 4.79 Å². The summed E-state index contributed by atoms with van der Waals surface area (Å²) in [6.45, 7) is 6.19. The summed E-state index contributed by atoms with van der Waals surface area (Å²) in [5.74, 6) is 0.723. The van der Waals surface area contributed by atoms with Gasteiger partial charge in [-0.25, -0.2) is 9.59 Å². The molecule has 1 aliphatic rings. The number of rotatable bonds is 8. The molecule has 2 amide bonds. The minimum Gasteiger partial charge on any atom is -0.493 e. The lowest BCUT2D eigenvalue weighted by atomic mass is 9.95. The predicted molar refractivity (Wildman–Crippen MR) is 122 cm³/mol. The van der Waals surface area contributed by atoms with E-state index in [9.17, 15) is 9.59 Å². The van der Waals surface area contributed by atoms with E-state index in [1.54, 1.807) is 31.2 Å². The number of esters is 1. The molecule has 0 aromatic heterocycles. The van der Waals surface area contributed by atoms with Gasteiger partial charge < -0.3 is 24.8 Å². The van der Waals surface area contributed by atoms with Crippen molar-refractivity contribution in [2.24, 2.45) is 5.92 Å². The zero-order chi connectivity index (χ0) is 23.3. The summed E-state index contributed by atoms with van der Waals surface area (Å²) in [7, 11) is 1.53. The first-order valence-electron chi connectivity index (χ1n) is 10.3. The molecule has 2 aromatic carbocycles. The van der Waals surface area contributed by atoms with Crippen molar-refractivity contribution in [3.8, 4) is 11.5 Å². The number of nitrogens with one attached hydrogen (secondary N) is 2. The molecule has 170 valence electrons. The Kier molecular flexibility index (Phi) is 7.64. The topological polar surface area (TPSA) is 85.9 Å². The molecule has 0 spiro atoms. The smallest absolute Gasteiger partial charge is 0.338 e. The van der Waals surface area contributed by atoms with E-state index >= 15 is 0 Å². The van der Waals surface area contributed by atoms with Crippen LogP contribution in [0.5, 0.6) is 11.5 Å². The Labute approximate surface area is 192 Å². The van der Waals surface area contributed by atoms with Crippen LogP contribution in [0.25, 0.3) is 0 Å². The number of halogens is 1. The quantitative estimate of drug-likeness (QED) is 0.557. The van der Waals surface area contributed by atoms with Gasteiger partial charge in [0.1, 0.15) is 6.61 Å². The fourth-order valence-corrected chi connectivity index (χ4v) is 3.52. The van der Waals surface area contributed by atoms with Gasteiger partial charge in [0.25, 0.3) is 0 Å². The molecule has 2 aromatic rings. The molecule has 1 aliphatic heterocycles. The number of carbonyl (C=O) groups is 2. The van der Waals surface area contributed by atoms with Gasteiger partial charge in [0.15, 0.2) is 11.5 Å². The SMILES string of the molecule is COc1cc(C2NC(=O)NC(C)=C2C(=O)OCC(C)C)ccc1OCc1cccc(Cl)c1. The highest BCUT2D eigenvalue weighted by molar-refractivity contribution is 6.30. The molecule has 0 saturated heterocycles. The Balaban J connectivity index is 1.85. The Morgan fingerprint density at radius 1 is 1.16 bits per heavy atom. The number of hydrogen-bond acceptors (Lipinski definition) is 5. The van der Waals surface area contributed by atoms with E-state index in [2.05, 4.69) is 10.6 Å². The normalized spacial score (nSPS) is 15.8. The van der Waals surface area contributed by atoms with Crippen LogP contribution in [0, 0.1) is 5.92 Å². The number of ether oxygens (including phenoxy) is 3. The molecule has 7 nitrogen and oxygen atoms in total. The first kappa shape index (κ1) is 23.5. The third-order valence-electron chi connectivity index (χ3n) is 4.84. The standard InChI is InChI=1S/C24H27ClN2O5/c1-14(2)12-32-23(28)21-15(3)26-24(29)27-22(21)17-8-9-19(20(11-17)30-4)31-13-16-6-5-7-18(25)10-16/h5-11,14,22H,12-13H2,1-4H3,(H2,26,27,29). The molecule has 0 fully saturated rings. The van der Waals surface area contributed by atoms with Crippen molar-refractivity contribution >= 4 is 23.6 Å². The van der Waals surface area contributed by atoms with Gasteiger partial charge in [0.05, 0.1) is 25.3 Å². The number of carbonyl (C=O) groups excluding carboxylic acids is 2. The van der Waals surface area contributed by atoms with Crippen LogP contribution in [0.15, 0.2) is 53.7 Å². The monoisotopic (exact) mass is 458 g/mol. The maximum atomic E-state index is 12.8. The average molecular weight is 459 g/mol. The first-order chi connectivity index (χ1) is 15.3. The molecule has 2 N–H and O–H groups in total. The number of allylic oxidation sites excluding steroid dienone is 1. The van der Waals surface area contributed by atoms with Gasteiger partial charge in [-0.2, -0.15) is 0 Å². The van der Waals surface area contributed by atoms with Crippen LogP contribution in [0.3, 0.4) is 0 Å². The Morgan fingerprint density at radius 2 is 1.94 bits per heavy atom. The van der Waals surface area contributed by atoms with Crippen molar-refractivity contribution in [3.05, 3.63) is 69.9 Å². The maximum Gasteiger partial charge on any atom is 0.338 e. The van der Waals surface area contributed by atoms with E-state index in [-0.39, 0.29) is 12.5 Å². The molecule has 0 bridgehead atoms. The third kappa shape index (κ3) is 5.73. The van der Waals surface area contributed by atoms with Gasteiger partial charge in [0.2, 0.25) is 0 Å². The largest absolute Gasteiger partial charge is 0.493 e. The van der Waals surface area contributed by atoms with Crippen LogP contribution in [0.1, 0.15) is 37.9 Å². The second-order valence-electron chi connectivity index (χ2n) is 7.89. The number of hydrogen-bond donors (Lipinski definition) is 2. The van der Waals surface area contributed by atoms with E-state index < -0.39 is 18.0 Å². The molecular weight excluding hydrogens is 432 g/mol. The molecule has 1 atom stereocenters. The van der Waals surface area contributed by atoms with E-state index in [0.29, 0.717) is 40.0 Å². The zero-order valence-corrected chi connectivity index (χ0v) is 19.3. The van der Waals surface area contributed by atoms with E-state index in [0.717, 1.165) is 5.56 Å². The highest BCUT2D eigenvalue weighted by Crippen LogP contribution is 2.35. The van der Waals surface area contributed by atoms with Gasteiger partial charge in [-0.3, -0.25) is 0 Å². The lowest BCUT2D eigenvalue weighted by molar-refractivity contribution is -0.140. The van der Waals surface area contributed by atoms with Crippen molar-refractivity contribution in [1.29, 1.82) is 0 Å². The summed E-state index contributed by atoms with van der Waals surface area (Å²) < 4.78 is 16.8. The maximum absolute atomic E-state index is 12.8. The zero-order valence-electron chi connectivity index (χ0n) is 18.5. The minimum atomic E-state index is -0.681. The summed E-state index contributed by atoms with van der Waals surface area (Å²) in [5.41, 5.74) is 2.39. The highest BCUT2D eigenvalue weighted by Gasteiger charge is 2.32. The fraction of sp³-hybridized carbons (Fsp3) is 0.333. The second kappa shape index (κ2) is 10.4. The van der Waals surface area contributed by atoms with Crippen LogP contribution in [0.2, 0.25) is 5.02 Å². The van der Waals surface area contributed by atoms with Gasteiger partial charge in [-0.1, -0.05) is 43.6 Å². The lowest BCUT2D eigenvalue weighted by Crippen LogP contribution is -2.45. The van der Waals surface area contributed by atoms with Gasteiger partial charge in [-0.15, -0.1) is 0 Å². The summed E-state index contributed by atoms with van der Waals surface area (Å²) in [5, 5.41) is 6.07. The van der Waals surface area contributed by atoms with Crippen LogP contribution in [-0.4, -0.2) is 25.7 Å². The summed E-state index contributed by atoms with van der Waals surface area (Å²) in [4.78, 5) is 24.9. The third-order valence-corrected chi connectivity index (χ3v) is 5.08. The van der Waals surface area contributed by atoms with E-state index in [4.69, 9.17) is 25.8 Å². The summed E-state index contributed by atoms with van der Waals surface area (Å²) >= 11 is 6.03. The number of methoxy groups -OCH3 is 1. The van der Waals surface area contributed by atoms with Gasteiger partial charge in [0, 0.05) is 10.7 Å². The predicted octanol–water partition coefficient (Wildman–Crippen LogP) is 4.75. The molecule has 1 unspecified atom stereocenters. The van der Waals surface area contributed by atoms with Crippen molar-refractivity contribution in [1.82, 2.24) is 10.6 Å². The van der Waals surface area contributed by atoms with Crippen LogP contribution in [-0.2, 0) is 16.1 Å². The Bertz CT molecular complexity index is 1030. The minimum absolute atomic E-state index is 0.195. The molecule has 1 heterocycles. The number of urea groups is 1. The molecule has 8 heteroatoms. The molecular formula is C24H27ClN2O5. The summed E-state index contributed by atoms with van der Waals surface area (Å²) in [6, 6.07) is 11.6. The first-order valence-corrected chi connectivity index (χ1v) is 10.7. The Hall–Kier alpha value is -3.19. The second-order valence-corrected chi connectivity index (χ2v) is 8.33.